The van der Waals surface area contributed by atoms with Gasteiger partial charge in [0.1, 0.15) is 11.6 Å². The van der Waals surface area contributed by atoms with Crippen LogP contribution in [0.15, 0.2) is 12.7 Å². The molecule has 0 saturated heterocycles. The molecule has 0 spiro atoms. The molecule has 0 N–H and O–H groups in total. The van der Waals surface area contributed by atoms with Gasteiger partial charge >= 0.3 is 5.97 Å². The van der Waals surface area contributed by atoms with Crippen molar-refractivity contribution in [2.45, 2.75) is 19.8 Å². The van der Waals surface area contributed by atoms with Crippen LogP contribution in [0.5, 0.6) is 0 Å². The first kappa shape index (κ1) is 11.6. The van der Waals surface area contributed by atoms with Crippen LogP contribution in [0, 0.1) is 0 Å². The van der Waals surface area contributed by atoms with E-state index in [-0.39, 0.29) is 31.0 Å². The van der Waals surface area contributed by atoms with Gasteiger partial charge in [-0.1, -0.05) is 6.58 Å². The molecule has 0 saturated carbocycles. The number of hydrogen-bond donors (Lipinski definition) is 0. The van der Waals surface area contributed by atoms with Crippen LogP contribution in [0.2, 0.25) is 0 Å². The van der Waals surface area contributed by atoms with Crippen molar-refractivity contribution in [3.63, 3.8) is 0 Å². The van der Waals surface area contributed by atoms with Crippen LogP contribution in [0.4, 0.5) is 0 Å². The minimum atomic E-state index is -0.560. The van der Waals surface area contributed by atoms with Gasteiger partial charge in [0.15, 0.2) is 0 Å². The molecule has 4 nitrogen and oxygen atoms in total. The van der Waals surface area contributed by atoms with Crippen molar-refractivity contribution in [3.05, 3.63) is 12.7 Å². The van der Waals surface area contributed by atoms with Gasteiger partial charge < -0.3 is 4.74 Å². The van der Waals surface area contributed by atoms with E-state index in [0.717, 1.165) is 6.08 Å². The van der Waals surface area contributed by atoms with Crippen molar-refractivity contribution in [1.82, 2.24) is 0 Å². The van der Waals surface area contributed by atoms with Crippen molar-refractivity contribution < 1.29 is 19.1 Å². The molecule has 0 fully saturated rings. The number of carbonyl (C=O) groups excluding carboxylic acids is 3. The summed E-state index contributed by atoms with van der Waals surface area (Å²) in [5.41, 5.74) is 0. The average molecular weight is 184 g/mol. The van der Waals surface area contributed by atoms with Crippen molar-refractivity contribution in [3.8, 4) is 0 Å². The van der Waals surface area contributed by atoms with Crippen LogP contribution < -0.4 is 0 Å². The highest BCUT2D eigenvalue weighted by molar-refractivity contribution is 5.98. The molecule has 0 aromatic rings. The van der Waals surface area contributed by atoms with Gasteiger partial charge in [-0.15, -0.1) is 0 Å². The Bertz CT molecular complexity index is 230. The second-order valence-electron chi connectivity index (χ2n) is 2.54. The lowest BCUT2D eigenvalue weighted by Gasteiger charge is -1.99. The number of ketones is 2. The fraction of sp³-hybridized carbons (Fsp3) is 0.444. The highest BCUT2D eigenvalue weighted by Crippen LogP contribution is 1.92. The number of esters is 1. The standard InChI is InChI=1S/C9H12O4/c1-3-9(12)13-5-4-8(11)6-7(2)10/h3H,1,4-6H2,2H3. The first-order valence-corrected chi connectivity index (χ1v) is 3.86. The predicted molar refractivity (Wildman–Crippen MR) is 46.1 cm³/mol. The Balaban J connectivity index is 3.53. The number of hydrogen-bond acceptors (Lipinski definition) is 4. The molecule has 13 heavy (non-hydrogen) atoms. The average Bonchev–Trinajstić information content (AvgIpc) is 2.02. The Morgan fingerprint density at radius 3 is 2.46 bits per heavy atom. The van der Waals surface area contributed by atoms with E-state index in [9.17, 15) is 14.4 Å². The first-order valence-electron chi connectivity index (χ1n) is 3.86. The smallest absolute Gasteiger partial charge is 0.330 e. The first-order chi connectivity index (χ1) is 6.06. The molecule has 72 valence electrons. The van der Waals surface area contributed by atoms with Crippen molar-refractivity contribution >= 4 is 17.5 Å². The molecule has 4 heteroatoms. The number of ether oxygens (including phenoxy) is 1. The summed E-state index contributed by atoms with van der Waals surface area (Å²) in [5, 5.41) is 0. The third-order valence-corrected chi connectivity index (χ3v) is 1.24. The summed E-state index contributed by atoms with van der Waals surface area (Å²) in [6.45, 7) is 4.54. The zero-order valence-electron chi connectivity index (χ0n) is 7.54. The Labute approximate surface area is 76.6 Å². The van der Waals surface area contributed by atoms with Gasteiger partial charge in [-0.3, -0.25) is 9.59 Å². The van der Waals surface area contributed by atoms with Crippen LogP contribution in [0.1, 0.15) is 19.8 Å². The fourth-order valence-electron chi connectivity index (χ4n) is 0.690. The molecule has 0 aliphatic carbocycles. The Kier molecular flexibility index (Phi) is 5.43. The minimum absolute atomic E-state index is 0.0109. The highest BCUT2D eigenvalue weighted by atomic mass is 16.5. The van der Waals surface area contributed by atoms with Crippen molar-refractivity contribution in [2.75, 3.05) is 6.61 Å². The highest BCUT2D eigenvalue weighted by Gasteiger charge is 2.05. The lowest BCUT2D eigenvalue weighted by molar-refractivity contribution is -0.138. The van der Waals surface area contributed by atoms with Gasteiger partial charge in [-0.2, -0.15) is 0 Å². The van der Waals surface area contributed by atoms with Gasteiger partial charge in [0.2, 0.25) is 0 Å². The van der Waals surface area contributed by atoms with Crippen LogP contribution in [0.3, 0.4) is 0 Å². The predicted octanol–water partition coefficient (Wildman–Crippen LogP) is 0.654. The summed E-state index contributed by atoms with van der Waals surface area (Å²) >= 11 is 0. The molecule has 0 aliphatic heterocycles. The van der Waals surface area contributed by atoms with Crippen LogP contribution in [-0.2, 0) is 19.1 Å². The quantitative estimate of drug-likeness (QED) is 0.345. The van der Waals surface area contributed by atoms with Crippen molar-refractivity contribution in [2.24, 2.45) is 0 Å². The molecule has 0 rings (SSSR count). The van der Waals surface area contributed by atoms with E-state index in [0.29, 0.717) is 0 Å². The van der Waals surface area contributed by atoms with Gasteiger partial charge in [0.25, 0.3) is 0 Å². The molecule has 0 atom stereocenters. The van der Waals surface area contributed by atoms with Crippen LogP contribution in [-0.4, -0.2) is 24.1 Å². The summed E-state index contributed by atoms with van der Waals surface area (Å²) in [6.07, 6.45) is 1.01. The van der Waals surface area contributed by atoms with E-state index in [1.807, 2.05) is 0 Å². The topological polar surface area (TPSA) is 60.4 Å². The molecule has 0 aromatic carbocycles. The van der Waals surface area contributed by atoms with E-state index in [1.165, 1.54) is 6.92 Å². The SMILES string of the molecule is C=CC(=O)OCCC(=O)CC(C)=O. The molecule has 0 radical (unpaired) electrons. The van der Waals surface area contributed by atoms with E-state index >= 15 is 0 Å². The summed E-state index contributed by atoms with van der Waals surface area (Å²) in [7, 11) is 0. The maximum absolute atomic E-state index is 10.9. The monoisotopic (exact) mass is 184 g/mol. The summed E-state index contributed by atoms with van der Waals surface area (Å²) in [5.74, 6) is -0.958. The van der Waals surface area contributed by atoms with Gasteiger partial charge in [0, 0.05) is 12.5 Å². The van der Waals surface area contributed by atoms with E-state index in [4.69, 9.17) is 0 Å². The zero-order chi connectivity index (χ0) is 10.3. The Morgan fingerprint density at radius 1 is 1.38 bits per heavy atom. The maximum Gasteiger partial charge on any atom is 0.330 e. The third-order valence-electron chi connectivity index (χ3n) is 1.24. The largest absolute Gasteiger partial charge is 0.462 e. The molecule has 0 unspecified atom stereocenters. The van der Waals surface area contributed by atoms with E-state index in [2.05, 4.69) is 11.3 Å². The second kappa shape index (κ2) is 6.11. The lowest BCUT2D eigenvalue weighted by atomic mass is 10.2. The molecule has 0 aromatic heterocycles. The molecule has 0 heterocycles. The van der Waals surface area contributed by atoms with E-state index < -0.39 is 5.97 Å². The van der Waals surface area contributed by atoms with E-state index in [1.54, 1.807) is 0 Å². The summed E-state index contributed by atoms with van der Waals surface area (Å²) < 4.78 is 4.55. The lowest BCUT2D eigenvalue weighted by Crippen LogP contribution is -2.10. The zero-order valence-corrected chi connectivity index (χ0v) is 7.54. The number of carbonyl (C=O) groups is 3. The van der Waals surface area contributed by atoms with Crippen LogP contribution >= 0.6 is 0 Å². The molecular weight excluding hydrogens is 172 g/mol. The van der Waals surface area contributed by atoms with Crippen molar-refractivity contribution in [1.29, 1.82) is 0 Å². The molecule has 0 amide bonds. The summed E-state index contributed by atoms with van der Waals surface area (Å²) in [6, 6.07) is 0. The number of rotatable bonds is 6. The molecule has 0 bridgehead atoms. The van der Waals surface area contributed by atoms with Crippen LogP contribution in [0.25, 0.3) is 0 Å². The van der Waals surface area contributed by atoms with Gasteiger partial charge in [-0.25, -0.2) is 4.79 Å². The van der Waals surface area contributed by atoms with Gasteiger partial charge in [-0.05, 0) is 6.92 Å². The Morgan fingerprint density at radius 2 is 2.00 bits per heavy atom. The Hall–Kier alpha value is -1.45. The molecular formula is C9H12O4. The second-order valence-corrected chi connectivity index (χ2v) is 2.54. The number of Topliss-reactive ketones (excluding diaryl/α,β-unsaturated/α-hetero) is 2. The fourth-order valence-corrected chi connectivity index (χ4v) is 0.690. The third kappa shape index (κ3) is 6.93. The van der Waals surface area contributed by atoms with Gasteiger partial charge in [0.05, 0.1) is 13.0 Å². The molecule has 0 aliphatic rings. The normalized spacial score (nSPS) is 9.00. The maximum atomic E-state index is 10.9. The minimum Gasteiger partial charge on any atom is -0.462 e. The summed E-state index contributed by atoms with van der Waals surface area (Å²) in [4.78, 5) is 31.8.